The number of ether oxygens (including phenoxy) is 1. The number of aliphatic hydroxyl groups is 1. The van der Waals surface area contributed by atoms with E-state index in [1.807, 2.05) is 36.4 Å². The molecule has 0 radical (unpaired) electrons. The van der Waals surface area contributed by atoms with Crippen LogP contribution in [0.2, 0.25) is 0 Å². The molecule has 3 aromatic carbocycles. The zero-order chi connectivity index (χ0) is 25.1. The maximum atomic E-state index is 13.3. The molecule has 0 saturated heterocycles. The van der Waals surface area contributed by atoms with E-state index in [1.165, 1.54) is 30.3 Å². The van der Waals surface area contributed by atoms with Crippen molar-refractivity contribution in [3.05, 3.63) is 83.9 Å². The van der Waals surface area contributed by atoms with Gasteiger partial charge < -0.3 is 14.7 Å². The molecule has 10 heteroatoms. The van der Waals surface area contributed by atoms with Crippen LogP contribution in [-0.2, 0) is 22.8 Å². The predicted molar refractivity (Wildman–Crippen MR) is 129 cm³/mol. The van der Waals surface area contributed by atoms with Crippen LogP contribution in [0.4, 0.5) is 24.5 Å². The molecule has 0 saturated carbocycles. The van der Waals surface area contributed by atoms with Crippen molar-refractivity contribution in [1.29, 1.82) is 0 Å². The predicted octanol–water partition coefficient (Wildman–Crippen LogP) is 4.84. The van der Waals surface area contributed by atoms with Gasteiger partial charge in [-0.25, -0.2) is 13.3 Å². The first-order valence-corrected chi connectivity index (χ1v) is 12.6. The van der Waals surface area contributed by atoms with Crippen LogP contribution in [0.15, 0.2) is 82.1 Å². The van der Waals surface area contributed by atoms with Crippen LogP contribution in [0, 0.1) is 0 Å². The SMILES string of the molecule is CN=[S@@](=O)(NC[C@H](O)CN1c2ccccc2CCc2ccccc21)c1ccc(OC(F)(F)F)cc1. The van der Waals surface area contributed by atoms with Gasteiger partial charge in [0.1, 0.15) is 15.7 Å². The number of β-amino-alcohol motifs (C(OH)–C–C–N with tert-alkyl or cyclic N) is 1. The number of aryl methyl sites for hydroxylation is 2. The Bertz CT molecular complexity index is 1240. The quantitative estimate of drug-likeness (QED) is 0.482. The third-order valence-corrected chi connectivity index (χ3v) is 7.75. The first-order chi connectivity index (χ1) is 16.7. The van der Waals surface area contributed by atoms with Crippen molar-refractivity contribution in [2.75, 3.05) is 25.0 Å². The van der Waals surface area contributed by atoms with Gasteiger partial charge >= 0.3 is 6.36 Å². The standard InChI is InChI=1S/C25H26F3N3O3S/c1-29-35(33,22-14-12-21(13-15-22)34-25(26,27)28)30-16-20(32)17-31-23-8-4-2-6-18(23)10-11-19-7-3-5-9-24(19)31/h2-9,12-15,20,32H,10-11,16-17H2,1H3,(H,29,30,33)/t20-,35+/m0/s1. The van der Waals surface area contributed by atoms with Gasteiger partial charge in [-0.2, -0.15) is 0 Å². The molecule has 1 aliphatic rings. The highest BCUT2D eigenvalue weighted by Gasteiger charge is 2.31. The molecule has 35 heavy (non-hydrogen) atoms. The Hall–Kier alpha value is -3.08. The Balaban J connectivity index is 1.50. The van der Waals surface area contributed by atoms with Crippen molar-refractivity contribution < 1.29 is 27.2 Å². The summed E-state index contributed by atoms with van der Waals surface area (Å²) in [6.45, 7) is 0.205. The largest absolute Gasteiger partial charge is 0.573 e. The fourth-order valence-electron chi connectivity index (χ4n) is 4.13. The van der Waals surface area contributed by atoms with E-state index in [2.05, 4.69) is 30.9 Å². The Morgan fingerprint density at radius 3 is 2.06 bits per heavy atom. The molecule has 0 aliphatic carbocycles. The highest BCUT2D eigenvalue weighted by atomic mass is 32.2. The minimum absolute atomic E-state index is 0.0438. The number of fused-ring (bicyclic) bond motifs is 2. The van der Waals surface area contributed by atoms with E-state index in [9.17, 15) is 22.5 Å². The minimum Gasteiger partial charge on any atom is -0.406 e. The number of para-hydroxylation sites is 2. The molecule has 2 atom stereocenters. The maximum absolute atomic E-state index is 13.3. The number of benzene rings is 3. The molecule has 4 rings (SSSR count). The first-order valence-electron chi connectivity index (χ1n) is 11.1. The van der Waals surface area contributed by atoms with Gasteiger partial charge in [0, 0.05) is 25.0 Å². The molecule has 186 valence electrons. The molecule has 1 aliphatic heterocycles. The monoisotopic (exact) mass is 505 g/mol. The maximum Gasteiger partial charge on any atom is 0.573 e. The van der Waals surface area contributed by atoms with Gasteiger partial charge in [0.25, 0.3) is 0 Å². The summed E-state index contributed by atoms with van der Waals surface area (Å²) in [5, 5.41) is 10.9. The van der Waals surface area contributed by atoms with Crippen LogP contribution in [0.5, 0.6) is 5.75 Å². The summed E-state index contributed by atoms with van der Waals surface area (Å²) in [6.07, 6.45) is -3.96. The minimum atomic E-state index is -4.81. The summed E-state index contributed by atoms with van der Waals surface area (Å²) in [6, 6.07) is 20.8. The number of hydrogen-bond donors (Lipinski definition) is 2. The first kappa shape index (κ1) is 25.0. The summed E-state index contributed by atoms with van der Waals surface area (Å²) < 4.78 is 61.2. The number of nitrogens with zero attached hydrogens (tertiary/aromatic N) is 2. The van der Waals surface area contributed by atoms with Crippen molar-refractivity contribution in [3.8, 4) is 5.75 Å². The molecule has 2 N–H and O–H groups in total. The Kier molecular flexibility index (Phi) is 7.34. The van der Waals surface area contributed by atoms with Crippen molar-refractivity contribution in [2.24, 2.45) is 4.36 Å². The number of anilines is 2. The summed E-state index contributed by atoms with van der Waals surface area (Å²) in [5.41, 5.74) is 4.38. The molecule has 0 bridgehead atoms. The van der Waals surface area contributed by atoms with Gasteiger partial charge in [-0.05, 0) is 60.4 Å². The molecular weight excluding hydrogens is 479 g/mol. The topological polar surface area (TPSA) is 74.2 Å². The molecule has 6 nitrogen and oxygen atoms in total. The molecule has 0 spiro atoms. The number of aliphatic hydroxyl groups excluding tert-OH is 1. The average molecular weight is 506 g/mol. The second-order valence-corrected chi connectivity index (χ2v) is 10.3. The number of hydrogen-bond acceptors (Lipinski definition) is 5. The molecule has 0 amide bonds. The third kappa shape index (κ3) is 5.95. The van der Waals surface area contributed by atoms with Crippen LogP contribution in [0.3, 0.4) is 0 Å². The zero-order valence-corrected chi connectivity index (χ0v) is 19.9. The average Bonchev–Trinajstić information content (AvgIpc) is 2.99. The Morgan fingerprint density at radius 2 is 1.54 bits per heavy atom. The second kappa shape index (κ2) is 10.3. The van der Waals surface area contributed by atoms with Crippen molar-refractivity contribution in [1.82, 2.24) is 4.72 Å². The molecule has 1 heterocycles. The second-order valence-electron chi connectivity index (χ2n) is 8.10. The van der Waals surface area contributed by atoms with Gasteiger partial charge in [-0.15, -0.1) is 13.2 Å². The van der Waals surface area contributed by atoms with Crippen LogP contribution in [0.25, 0.3) is 0 Å². The summed E-state index contributed by atoms with van der Waals surface area (Å²) in [5.74, 6) is -0.419. The Morgan fingerprint density at radius 1 is 1.00 bits per heavy atom. The smallest absolute Gasteiger partial charge is 0.406 e. The van der Waals surface area contributed by atoms with E-state index in [0.29, 0.717) is 0 Å². The van der Waals surface area contributed by atoms with Crippen molar-refractivity contribution in [2.45, 2.75) is 30.2 Å². The van der Waals surface area contributed by atoms with E-state index >= 15 is 0 Å². The van der Waals surface area contributed by atoms with E-state index in [0.717, 1.165) is 36.3 Å². The lowest BCUT2D eigenvalue weighted by Crippen LogP contribution is -2.38. The van der Waals surface area contributed by atoms with Gasteiger partial charge in [0.05, 0.1) is 17.5 Å². The molecule has 0 unspecified atom stereocenters. The van der Waals surface area contributed by atoms with E-state index < -0.39 is 28.1 Å². The van der Waals surface area contributed by atoms with Crippen molar-refractivity contribution in [3.63, 3.8) is 0 Å². The highest BCUT2D eigenvalue weighted by Crippen LogP contribution is 2.36. The molecular formula is C25H26F3N3O3S. The fourth-order valence-corrected chi connectivity index (χ4v) is 5.56. The van der Waals surface area contributed by atoms with E-state index in [1.54, 1.807) is 0 Å². The number of alkyl halides is 3. The van der Waals surface area contributed by atoms with Gasteiger partial charge in [-0.3, -0.25) is 0 Å². The Labute approximate surface area is 202 Å². The normalized spacial score (nSPS) is 15.9. The van der Waals surface area contributed by atoms with E-state index in [4.69, 9.17) is 0 Å². The number of rotatable bonds is 7. The van der Waals surface area contributed by atoms with Crippen LogP contribution < -0.4 is 14.4 Å². The summed E-state index contributed by atoms with van der Waals surface area (Å²) in [7, 11) is -1.82. The van der Waals surface area contributed by atoms with Crippen LogP contribution in [0.1, 0.15) is 11.1 Å². The molecule has 3 aromatic rings. The van der Waals surface area contributed by atoms with Crippen LogP contribution in [-0.4, -0.2) is 41.9 Å². The number of halogens is 3. The summed E-state index contributed by atoms with van der Waals surface area (Å²) >= 11 is 0. The molecule has 0 aromatic heterocycles. The summed E-state index contributed by atoms with van der Waals surface area (Å²) in [4.78, 5) is 2.25. The van der Waals surface area contributed by atoms with Crippen LogP contribution >= 0.6 is 0 Å². The molecule has 0 fully saturated rings. The van der Waals surface area contributed by atoms with Crippen molar-refractivity contribution >= 4 is 21.3 Å². The highest BCUT2D eigenvalue weighted by molar-refractivity contribution is 7.91. The van der Waals surface area contributed by atoms with Gasteiger partial charge in [0.2, 0.25) is 0 Å². The fraction of sp³-hybridized carbons (Fsp3) is 0.280. The lowest BCUT2D eigenvalue weighted by molar-refractivity contribution is -0.274. The third-order valence-electron chi connectivity index (χ3n) is 5.77. The van der Waals surface area contributed by atoms with E-state index in [-0.39, 0.29) is 18.0 Å². The lowest BCUT2D eigenvalue weighted by atomic mass is 10.0. The lowest BCUT2D eigenvalue weighted by Gasteiger charge is -2.29. The number of nitrogens with one attached hydrogen (secondary N) is 1. The van der Waals surface area contributed by atoms with Gasteiger partial charge in [-0.1, -0.05) is 36.4 Å². The zero-order valence-electron chi connectivity index (χ0n) is 19.0. The van der Waals surface area contributed by atoms with Gasteiger partial charge in [0.15, 0.2) is 0 Å².